The second-order valence-corrected chi connectivity index (χ2v) is 5.72. The quantitative estimate of drug-likeness (QED) is 0.805. The van der Waals surface area contributed by atoms with E-state index in [2.05, 4.69) is 5.32 Å². The number of ether oxygens (including phenoxy) is 1. The summed E-state index contributed by atoms with van der Waals surface area (Å²) in [7, 11) is 0. The van der Waals surface area contributed by atoms with Crippen molar-refractivity contribution in [2.24, 2.45) is 5.92 Å². The maximum Gasteiger partial charge on any atom is 0.408 e. The minimum absolute atomic E-state index is 0.126. The first-order chi connectivity index (χ1) is 7.81. The fourth-order valence-corrected chi connectivity index (χ4v) is 1.61. The highest BCUT2D eigenvalue weighted by Gasteiger charge is 2.29. The highest BCUT2D eigenvalue weighted by molar-refractivity contribution is 5.87. The maximum atomic E-state index is 11.9. The standard InChI is InChI=1S/C13H23NO3/c1-5-10(11(15)8-9-6-7-9)14-12(16)17-13(2,3)4/h9-10H,5-8H2,1-4H3,(H,14,16)/t10-/m1/s1. The second-order valence-electron chi connectivity index (χ2n) is 5.72. The van der Waals surface area contributed by atoms with Crippen molar-refractivity contribution in [3.8, 4) is 0 Å². The summed E-state index contributed by atoms with van der Waals surface area (Å²) in [6.45, 7) is 7.31. The van der Waals surface area contributed by atoms with Crippen LogP contribution in [0, 0.1) is 5.92 Å². The lowest BCUT2D eigenvalue weighted by molar-refractivity contribution is -0.121. The Morgan fingerprint density at radius 3 is 2.35 bits per heavy atom. The fourth-order valence-electron chi connectivity index (χ4n) is 1.61. The van der Waals surface area contributed by atoms with Gasteiger partial charge in [-0.15, -0.1) is 0 Å². The molecular weight excluding hydrogens is 218 g/mol. The summed E-state index contributed by atoms with van der Waals surface area (Å²) >= 11 is 0. The van der Waals surface area contributed by atoms with Gasteiger partial charge in [-0.3, -0.25) is 4.79 Å². The van der Waals surface area contributed by atoms with Gasteiger partial charge in [-0.25, -0.2) is 4.79 Å². The molecule has 0 heterocycles. The molecule has 0 aromatic heterocycles. The summed E-state index contributed by atoms with van der Waals surface area (Å²) in [6, 6.07) is -0.398. The monoisotopic (exact) mass is 241 g/mol. The summed E-state index contributed by atoms with van der Waals surface area (Å²) < 4.78 is 5.14. The van der Waals surface area contributed by atoms with Gasteiger partial charge in [0, 0.05) is 6.42 Å². The van der Waals surface area contributed by atoms with Gasteiger partial charge in [0.2, 0.25) is 0 Å². The number of alkyl carbamates (subject to hydrolysis) is 1. The first-order valence-electron chi connectivity index (χ1n) is 6.34. The molecule has 98 valence electrons. The molecule has 1 aliphatic carbocycles. The van der Waals surface area contributed by atoms with E-state index in [1.165, 1.54) is 0 Å². The van der Waals surface area contributed by atoms with Crippen LogP contribution in [0.4, 0.5) is 4.79 Å². The zero-order valence-electron chi connectivity index (χ0n) is 11.2. The van der Waals surface area contributed by atoms with Crippen LogP contribution >= 0.6 is 0 Å². The number of rotatable bonds is 5. The van der Waals surface area contributed by atoms with E-state index in [0.717, 1.165) is 12.8 Å². The van der Waals surface area contributed by atoms with Gasteiger partial charge in [0.05, 0.1) is 6.04 Å². The van der Waals surface area contributed by atoms with Crippen LogP contribution in [0.15, 0.2) is 0 Å². The third-order valence-corrected chi connectivity index (χ3v) is 2.67. The lowest BCUT2D eigenvalue weighted by atomic mass is 10.1. The molecule has 1 rings (SSSR count). The molecular formula is C13H23NO3. The minimum atomic E-state index is -0.526. The van der Waals surface area contributed by atoms with Crippen LogP contribution in [0.5, 0.6) is 0 Å². The number of hydrogen-bond donors (Lipinski definition) is 1. The van der Waals surface area contributed by atoms with Crippen LogP contribution in [-0.2, 0) is 9.53 Å². The smallest absolute Gasteiger partial charge is 0.408 e. The number of Topliss-reactive ketones (excluding diaryl/α,β-unsaturated/α-hetero) is 1. The van der Waals surface area contributed by atoms with Gasteiger partial charge in [-0.1, -0.05) is 6.92 Å². The third kappa shape index (κ3) is 5.71. The molecule has 0 saturated heterocycles. The van der Waals surface area contributed by atoms with Crippen LogP contribution in [0.2, 0.25) is 0 Å². The molecule has 17 heavy (non-hydrogen) atoms. The molecule has 1 aliphatic rings. The molecule has 0 spiro atoms. The number of carbonyl (C=O) groups excluding carboxylic acids is 2. The molecule has 1 saturated carbocycles. The van der Waals surface area contributed by atoms with Gasteiger partial charge < -0.3 is 10.1 Å². The van der Waals surface area contributed by atoms with Crippen molar-refractivity contribution >= 4 is 11.9 Å². The van der Waals surface area contributed by atoms with E-state index in [9.17, 15) is 9.59 Å². The highest BCUT2D eigenvalue weighted by atomic mass is 16.6. The molecule has 1 atom stereocenters. The van der Waals surface area contributed by atoms with Crippen LogP contribution < -0.4 is 5.32 Å². The Balaban J connectivity index is 2.39. The predicted molar refractivity (Wildman–Crippen MR) is 65.8 cm³/mol. The van der Waals surface area contributed by atoms with Crippen molar-refractivity contribution in [1.29, 1.82) is 0 Å². The van der Waals surface area contributed by atoms with Crippen molar-refractivity contribution in [3.05, 3.63) is 0 Å². The zero-order chi connectivity index (χ0) is 13.1. The largest absolute Gasteiger partial charge is 0.444 e. The SMILES string of the molecule is CC[C@@H](NC(=O)OC(C)(C)C)C(=O)CC1CC1. The Morgan fingerprint density at radius 2 is 1.94 bits per heavy atom. The lowest BCUT2D eigenvalue weighted by Crippen LogP contribution is -2.43. The number of hydrogen-bond acceptors (Lipinski definition) is 3. The van der Waals surface area contributed by atoms with E-state index < -0.39 is 17.7 Å². The molecule has 0 unspecified atom stereocenters. The molecule has 0 bridgehead atoms. The van der Waals surface area contributed by atoms with E-state index in [-0.39, 0.29) is 5.78 Å². The Morgan fingerprint density at radius 1 is 1.35 bits per heavy atom. The van der Waals surface area contributed by atoms with Crippen molar-refractivity contribution < 1.29 is 14.3 Å². The molecule has 4 nitrogen and oxygen atoms in total. The zero-order valence-corrected chi connectivity index (χ0v) is 11.2. The van der Waals surface area contributed by atoms with Crippen LogP contribution in [0.25, 0.3) is 0 Å². The topological polar surface area (TPSA) is 55.4 Å². The molecule has 0 radical (unpaired) electrons. The Kier molecular flexibility index (Phi) is 4.54. The Labute approximate surface area is 103 Å². The highest BCUT2D eigenvalue weighted by Crippen LogP contribution is 2.33. The van der Waals surface area contributed by atoms with E-state index >= 15 is 0 Å². The molecule has 0 aliphatic heterocycles. The predicted octanol–water partition coefficient (Wildman–Crippen LogP) is 2.66. The molecule has 0 aromatic rings. The van der Waals surface area contributed by atoms with Gasteiger partial charge in [0.25, 0.3) is 0 Å². The summed E-state index contributed by atoms with van der Waals surface area (Å²) in [5, 5.41) is 2.65. The normalized spacial score (nSPS) is 17.4. The average molecular weight is 241 g/mol. The number of nitrogens with one attached hydrogen (secondary N) is 1. The van der Waals surface area contributed by atoms with Gasteiger partial charge in [0.1, 0.15) is 5.60 Å². The summed E-state index contributed by atoms with van der Waals surface area (Å²) in [5.74, 6) is 0.679. The summed E-state index contributed by atoms with van der Waals surface area (Å²) in [4.78, 5) is 23.4. The summed E-state index contributed by atoms with van der Waals surface area (Å²) in [5.41, 5.74) is -0.526. The maximum absolute atomic E-state index is 11.9. The number of amides is 1. The van der Waals surface area contributed by atoms with Gasteiger partial charge in [0.15, 0.2) is 5.78 Å². The minimum Gasteiger partial charge on any atom is -0.444 e. The number of ketones is 1. The number of carbonyl (C=O) groups is 2. The summed E-state index contributed by atoms with van der Waals surface area (Å²) in [6.07, 6.45) is 3.00. The van der Waals surface area contributed by atoms with Crippen molar-refractivity contribution in [2.75, 3.05) is 0 Å². The molecule has 0 aromatic carbocycles. The molecule has 1 N–H and O–H groups in total. The average Bonchev–Trinajstić information content (AvgIpc) is 2.94. The molecule has 1 fully saturated rings. The van der Waals surface area contributed by atoms with Gasteiger partial charge in [-0.2, -0.15) is 0 Å². The van der Waals surface area contributed by atoms with Crippen molar-refractivity contribution in [2.45, 2.75) is 65.0 Å². The van der Waals surface area contributed by atoms with Crippen molar-refractivity contribution in [1.82, 2.24) is 5.32 Å². The Hall–Kier alpha value is -1.06. The van der Waals surface area contributed by atoms with Gasteiger partial charge in [-0.05, 0) is 46.0 Å². The third-order valence-electron chi connectivity index (χ3n) is 2.67. The van der Waals surface area contributed by atoms with Crippen LogP contribution in [0.1, 0.15) is 53.4 Å². The lowest BCUT2D eigenvalue weighted by Gasteiger charge is -2.22. The van der Waals surface area contributed by atoms with Crippen LogP contribution in [0.3, 0.4) is 0 Å². The van der Waals surface area contributed by atoms with Crippen molar-refractivity contribution in [3.63, 3.8) is 0 Å². The van der Waals surface area contributed by atoms with E-state index in [1.54, 1.807) is 20.8 Å². The van der Waals surface area contributed by atoms with Crippen LogP contribution in [-0.4, -0.2) is 23.5 Å². The molecule has 4 heteroatoms. The fraction of sp³-hybridized carbons (Fsp3) is 0.846. The Bertz CT molecular complexity index is 290. The van der Waals surface area contributed by atoms with E-state index in [0.29, 0.717) is 18.8 Å². The van der Waals surface area contributed by atoms with E-state index in [1.807, 2.05) is 6.92 Å². The second kappa shape index (κ2) is 5.52. The first-order valence-corrected chi connectivity index (χ1v) is 6.34. The van der Waals surface area contributed by atoms with Gasteiger partial charge >= 0.3 is 6.09 Å². The van der Waals surface area contributed by atoms with E-state index in [4.69, 9.17) is 4.74 Å². The first kappa shape index (κ1) is 14.0. The molecule has 1 amide bonds.